The third kappa shape index (κ3) is 4.68. The van der Waals surface area contributed by atoms with Crippen molar-refractivity contribution in [1.82, 2.24) is 4.90 Å². The molecule has 1 saturated heterocycles. The molecule has 144 valence electrons. The topological polar surface area (TPSA) is 56.2 Å². The zero-order valence-corrected chi connectivity index (χ0v) is 15.3. The number of nitrogens with zero attached hydrogens (tertiary/aromatic N) is 3. The predicted octanol–water partition coefficient (Wildman–Crippen LogP) is 3.14. The summed E-state index contributed by atoms with van der Waals surface area (Å²) in [5.41, 5.74) is 1.56. The van der Waals surface area contributed by atoms with E-state index in [4.69, 9.17) is 4.74 Å². The van der Waals surface area contributed by atoms with Gasteiger partial charge in [-0.05, 0) is 36.4 Å². The van der Waals surface area contributed by atoms with Crippen molar-refractivity contribution >= 4 is 17.5 Å². The van der Waals surface area contributed by atoms with E-state index in [1.165, 1.54) is 24.1 Å². The second kappa shape index (κ2) is 8.73. The molecule has 27 heavy (non-hydrogen) atoms. The quantitative estimate of drug-likeness (QED) is 0.843. The van der Waals surface area contributed by atoms with Crippen LogP contribution in [0.3, 0.4) is 0 Å². The van der Waals surface area contributed by atoms with Crippen molar-refractivity contribution in [3.05, 3.63) is 54.3 Å². The smallest absolute Gasteiger partial charge is 0.411 e. The summed E-state index contributed by atoms with van der Waals surface area (Å²) in [6, 6.07) is 13.6. The van der Waals surface area contributed by atoms with E-state index in [0.29, 0.717) is 24.5 Å². The van der Waals surface area contributed by atoms with Gasteiger partial charge in [-0.3, -0.25) is 9.80 Å². The second-order valence-electron chi connectivity index (χ2n) is 6.41. The highest BCUT2D eigenvalue weighted by Crippen LogP contribution is 2.27. The van der Waals surface area contributed by atoms with Crippen molar-refractivity contribution < 1.29 is 19.0 Å². The molecule has 1 aliphatic rings. The lowest BCUT2D eigenvalue weighted by Gasteiger charge is -2.36. The van der Waals surface area contributed by atoms with Crippen LogP contribution in [0.15, 0.2) is 48.5 Å². The first kappa shape index (κ1) is 19.0. The number of benzene rings is 2. The molecule has 0 saturated carbocycles. The van der Waals surface area contributed by atoms with Gasteiger partial charge in [0.05, 0.1) is 12.8 Å². The summed E-state index contributed by atoms with van der Waals surface area (Å²) in [5, 5.41) is 9.60. The molecule has 0 radical (unpaired) electrons. The second-order valence-corrected chi connectivity index (χ2v) is 6.41. The first-order chi connectivity index (χ1) is 13.1. The molecule has 7 heteroatoms. The third-order valence-electron chi connectivity index (χ3n) is 4.81. The zero-order valence-electron chi connectivity index (χ0n) is 15.3. The lowest BCUT2D eigenvalue weighted by atomic mass is 10.2. The van der Waals surface area contributed by atoms with Crippen molar-refractivity contribution in [1.29, 1.82) is 0 Å². The number of carboxylic acid groups (broad SMARTS) is 1. The number of carbonyl (C=O) groups is 1. The number of anilines is 2. The van der Waals surface area contributed by atoms with E-state index in [1.54, 1.807) is 30.3 Å². The molecule has 2 aromatic rings. The molecule has 1 aliphatic heterocycles. The van der Waals surface area contributed by atoms with Crippen molar-refractivity contribution in [2.24, 2.45) is 0 Å². The van der Waals surface area contributed by atoms with Gasteiger partial charge in [0.25, 0.3) is 0 Å². The van der Waals surface area contributed by atoms with Crippen LogP contribution in [-0.2, 0) is 0 Å². The molecule has 6 nitrogen and oxygen atoms in total. The summed E-state index contributed by atoms with van der Waals surface area (Å²) in [6.07, 6.45) is -0.996. The van der Waals surface area contributed by atoms with Crippen molar-refractivity contribution in [3.8, 4) is 5.75 Å². The van der Waals surface area contributed by atoms with E-state index in [2.05, 4.69) is 9.80 Å². The normalized spacial score (nSPS) is 14.8. The molecule has 0 unspecified atom stereocenters. The van der Waals surface area contributed by atoms with Gasteiger partial charge in [-0.1, -0.05) is 12.1 Å². The van der Waals surface area contributed by atoms with Crippen LogP contribution in [0.4, 0.5) is 20.6 Å². The number of hydrogen-bond donors (Lipinski definition) is 1. The van der Waals surface area contributed by atoms with Crippen molar-refractivity contribution in [2.75, 3.05) is 56.2 Å². The lowest BCUT2D eigenvalue weighted by molar-refractivity contribution is 0.198. The molecule has 0 aliphatic carbocycles. The Hall–Kier alpha value is -2.80. The molecule has 1 heterocycles. The van der Waals surface area contributed by atoms with Crippen LogP contribution >= 0.6 is 0 Å². The van der Waals surface area contributed by atoms with Gasteiger partial charge in [-0.2, -0.15) is 0 Å². The Kier molecular flexibility index (Phi) is 6.13. The highest BCUT2D eigenvalue weighted by Gasteiger charge is 2.22. The number of piperazine rings is 1. The first-order valence-electron chi connectivity index (χ1n) is 8.95. The predicted molar refractivity (Wildman–Crippen MR) is 103 cm³/mol. The van der Waals surface area contributed by atoms with Gasteiger partial charge < -0.3 is 14.7 Å². The van der Waals surface area contributed by atoms with Crippen LogP contribution in [0.2, 0.25) is 0 Å². The average Bonchev–Trinajstić information content (AvgIpc) is 2.69. The third-order valence-corrected chi connectivity index (χ3v) is 4.81. The minimum absolute atomic E-state index is 0.234. The molecule has 1 amide bonds. The van der Waals surface area contributed by atoms with Gasteiger partial charge in [-0.25, -0.2) is 9.18 Å². The van der Waals surface area contributed by atoms with Crippen molar-refractivity contribution in [2.45, 2.75) is 0 Å². The summed E-state index contributed by atoms with van der Waals surface area (Å²) in [6.45, 7) is 4.32. The molecule has 0 spiro atoms. The fraction of sp³-hybridized carbons (Fsp3) is 0.350. The average molecular weight is 373 g/mol. The van der Waals surface area contributed by atoms with Gasteiger partial charge in [0.1, 0.15) is 11.6 Å². The maximum atomic E-state index is 13.1. The largest absolute Gasteiger partial charge is 0.495 e. The molecule has 1 N–H and O–H groups in total. The number of halogens is 1. The van der Waals surface area contributed by atoms with Gasteiger partial charge in [0, 0.05) is 45.0 Å². The molecule has 1 fully saturated rings. The number of amides is 1. The molecular formula is C20H24FN3O3. The first-order valence-corrected chi connectivity index (χ1v) is 8.95. The van der Waals surface area contributed by atoms with Gasteiger partial charge in [-0.15, -0.1) is 0 Å². The van der Waals surface area contributed by atoms with E-state index < -0.39 is 6.09 Å². The maximum absolute atomic E-state index is 13.1. The summed E-state index contributed by atoms with van der Waals surface area (Å²) in [7, 11) is 1.54. The zero-order chi connectivity index (χ0) is 19.2. The highest BCUT2D eigenvalue weighted by molar-refractivity contribution is 5.88. The Morgan fingerprint density at radius 1 is 1.11 bits per heavy atom. The SMILES string of the molecule is COc1ccccc1N(CCN1CCN(c2ccc(F)cc2)CC1)C(=O)O. The number of para-hydroxylation sites is 2. The van der Waals surface area contributed by atoms with Crippen molar-refractivity contribution in [3.63, 3.8) is 0 Å². The van der Waals surface area contributed by atoms with E-state index in [0.717, 1.165) is 31.9 Å². The van der Waals surface area contributed by atoms with E-state index >= 15 is 0 Å². The van der Waals surface area contributed by atoms with E-state index in [-0.39, 0.29) is 5.82 Å². The minimum atomic E-state index is -0.996. The summed E-state index contributed by atoms with van der Waals surface area (Å²) < 4.78 is 18.4. The molecule has 0 atom stereocenters. The number of methoxy groups -OCH3 is 1. The summed E-state index contributed by atoms with van der Waals surface area (Å²) in [4.78, 5) is 17.5. The van der Waals surface area contributed by atoms with E-state index in [9.17, 15) is 14.3 Å². The Morgan fingerprint density at radius 3 is 2.41 bits per heavy atom. The fourth-order valence-corrected chi connectivity index (χ4v) is 3.29. The maximum Gasteiger partial charge on any atom is 0.411 e. The minimum Gasteiger partial charge on any atom is -0.495 e. The van der Waals surface area contributed by atoms with Crippen LogP contribution in [0.5, 0.6) is 5.75 Å². The monoisotopic (exact) mass is 373 g/mol. The number of hydrogen-bond acceptors (Lipinski definition) is 4. The Bertz CT molecular complexity index is 761. The lowest BCUT2D eigenvalue weighted by Crippen LogP contribution is -2.49. The van der Waals surface area contributed by atoms with Crippen LogP contribution in [-0.4, -0.2) is 62.5 Å². The highest BCUT2D eigenvalue weighted by atomic mass is 19.1. The Labute approximate surface area is 158 Å². The van der Waals surface area contributed by atoms with Crippen LogP contribution in [0.1, 0.15) is 0 Å². The summed E-state index contributed by atoms with van der Waals surface area (Å²) >= 11 is 0. The number of rotatable bonds is 6. The Morgan fingerprint density at radius 2 is 1.78 bits per heavy atom. The van der Waals surface area contributed by atoms with Crippen LogP contribution in [0, 0.1) is 5.82 Å². The standard InChI is InChI=1S/C20H24FN3O3/c1-27-19-5-3-2-4-18(19)24(20(25)26)15-12-22-10-13-23(14-11-22)17-8-6-16(21)7-9-17/h2-9H,10-15H2,1H3,(H,25,26). The van der Waals surface area contributed by atoms with E-state index in [1.807, 2.05) is 6.07 Å². The molecule has 0 bridgehead atoms. The summed E-state index contributed by atoms with van der Waals surface area (Å²) in [5.74, 6) is 0.309. The van der Waals surface area contributed by atoms with Gasteiger partial charge in [0.15, 0.2) is 0 Å². The van der Waals surface area contributed by atoms with Gasteiger partial charge >= 0.3 is 6.09 Å². The van der Waals surface area contributed by atoms with Crippen LogP contribution in [0.25, 0.3) is 0 Å². The number of ether oxygens (including phenoxy) is 1. The van der Waals surface area contributed by atoms with Crippen LogP contribution < -0.4 is 14.5 Å². The molecular weight excluding hydrogens is 349 g/mol. The molecule has 0 aromatic heterocycles. The molecule has 3 rings (SSSR count). The Balaban J connectivity index is 1.56. The molecule has 2 aromatic carbocycles. The van der Waals surface area contributed by atoms with Gasteiger partial charge in [0.2, 0.25) is 0 Å². The fourth-order valence-electron chi connectivity index (χ4n) is 3.29.